The van der Waals surface area contributed by atoms with Crippen LogP contribution in [0.3, 0.4) is 0 Å². The number of nitro groups is 1. The maximum absolute atomic E-state index is 10.6. The molecule has 0 spiro atoms. The minimum absolute atomic E-state index is 0.0831. The molecule has 0 heterocycles. The lowest BCUT2D eigenvalue weighted by atomic mass is 10.1. The molecule has 0 bridgehead atoms. The van der Waals surface area contributed by atoms with E-state index in [2.05, 4.69) is 4.90 Å². The van der Waals surface area contributed by atoms with Crippen molar-refractivity contribution in [2.45, 2.75) is 13.1 Å². The highest BCUT2D eigenvalue weighted by Crippen LogP contribution is 2.14. The molecule has 0 aliphatic carbocycles. The normalized spacial score (nSPS) is 10.8. The first-order valence-corrected chi connectivity index (χ1v) is 6.79. The SMILES string of the molecule is O=[N+]([O-])c1ccc(CN(CCO)Cc2ccccc2)cc1. The third-order valence-electron chi connectivity index (χ3n) is 3.22. The lowest BCUT2D eigenvalue weighted by molar-refractivity contribution is -0.384. The summed E-state index contributed by atoms with van der Waals surface area (Å²) in [6, 6.07) is 16.6. The van der Waals surface area contributed by atoms with Crippen LogP contribution in [0.25, 0.3) is 0 Å². The highest BCUT2D eigenvalue weighted by atomic mass is 16.6. The standard InChI is InChI=1S/C16H18N2O3/c19-11-10-17(12-14-4-2-1-3-5-14)13-15-6-8-16(9-7-15)18(20)21/h1-9,19H,10-13H2. The maximum Gasteiger partial charge on any atom is 0.269 e. The molecule has 0 fully saturated rings. The van der Waals surface area contributed by atoms with Gasteiger partial charge in [0.1, 0.15) is 0 Å². The summed E-state index contributed by atoms with van der Waals surface area (Å²) >= 11 is 0. The van der Waals surface area contributed by atoms with Gasteiger partial charge >= 0.3 is 0 Å². The van der Waals surface area contributed by atoms with E-state index in [0.717, 1.165) is 12.1 Å². The fourth-order valence-corrected chi connectivity index (χ4v) is 2.18. The zero-order chi connectivity index (χ0) is 15.1. The first-order chi connectivity index (χ1) is 10.2. The van der Waals surface area contributed by atoms with Gasteiger partial charge in [-0.15, -0.1) is 0 Å². The predicted octanol–water partition coefficient (Wildman–Crippen LogP) is 2.59. The predicted molar refractivity (Wildman–Crippen MR) is 80.7 cm³/mol. The van der Waals surface area contributed by atoms with E-state index in [1.807, 2.05) is 30.3 Å². The molecule has 2 aromatic carbocycles. The molecule has 0 radical (unpaired) electrons. The van der Waals surface area contributed by atoms with E-state index in [0.29, 0.717) is 13.1 Å². The Labute approximate surface area is 123 Å². The summed E-state index contributed by atoms with van der Waals surface area (Å²) in [5.74, 6) is 0. The van der Waals surface area contributed by atoms with Crippen molar-refractivity contribution in [1.29, 1.82) is 0 Å². The number of nitro benzene ring substituents is 1. The van der Waals surface area contributed by atoms with Crippen molar-refractivity contribution in [1.82, 2.24) is 4.90 Å². The second-order valence-corrected chi connectivity index (χ2v) is 4.84. The van der Waals surface area contributed by atoms with Crippen LogP contribution in [-0.4, -0.2) is 28.1 Å². The number of benzene rings is 2. The maximum atomic E-state index is 10.6. The summed E-state index contributed by atoms with van der Waals surface area (Å²) in [5.41, 5.74) is 2.26. The van der Waals surface area contributed by atoms with Crippen molar-refractivity contribution in [3.63, 3.8) is 0 Å². The van der Waals surface area contributed by atoms with E-state index in [1.54, 1.807) is 12.1 Å². The highest BCUT2D eigenvalue weighted by molar-refractivity contribution is 5.32. The van der Waals surface area contributed by atoms with Crippen molar-refractivity contribution in [2.75, 3.05) is 13.2 Å². The van der Waals surface area contributed by atoms with Crippen LogP contribution in [0.15, 0.2) is 54.6 Å². The highest BCUT2D eigenvalue weighted by Gasteiger charge is 2.09. The summed E-state index contributed by atoms with van der Waals surface area (Å²) in [4.78, 5) is 12.3. The zero-order valence-electron chi connectivity index (χ0n) is 11.7. The summed E-state index contributed by atoms with van der Waals surface area (Å²) in [6.45, 7) is 2.03. The molecule has 0 aliphatic heterocycles. The van der Waals surface area contributed by atoms with Crippen LogP contribution in [-0.2, 0) is 13.1 Å². The Hall–Kier alpha value is -2.24. The molecule has 0 saturated heterocycles. The number of aliphatic hydroxyl groups excluding tert-OH is 1. The smallest absolute Gasteiger partial charge is 0.269 e. The minimum atomic E-state index is -0.404. The van der Waals surface area contributed by atoms with Crippen LogP contribution >= 0.6 is 0 Å². The van der Waals surface area contributed by atoms with Gasteiger partial charge in [0.05, 0.1) is 11.5 Å². The number of aliphatic hydroxyl groups is 1. The van der Waals surface area contributed by atoms with Crippen molar-refractivity contribution in [3.05, 3.63) is 75.8 Å². The molecule has 0 aliphatic rings. The van der Waals surface area contributed by atoms with E-state index in [9.17, 15) is 15.2 Å². The number of hydrogen-bond acceptors (Lipinski definition) is 4. The first kappa shape index (κ1) is 15.2. The zero-order valence-corrected chi connectivity index (χ0v) is 11.7. The molecule has 21 heavy (non-hydrogen) atoms. The summed E-state index contributed by atoms with van der Waals surface area (Å²) in [5, 5.41) is 19.8. The third-order valence-corrected chi connectivity index (χ3v) is 3.22. The Morgan fingerprint density at radius 3 is 2.05 bits per heavy atom. The van der Waals surface area contributed by atoms with Crippen LogP contribution < -0.4 is 0 Å². The van der Waals surface area contributed by atoms with Gasteiger partial charge in [0, 0.05) is 31.8 Å². The topological polar surface area (TPSA) is 66.6 Å². The van der Waals surface area contributed by atoms with Crippen molar-refractivity contribution in [2.24, 2.45) is 0 Å². The van der Waals surface area contributed by atoms with Gasteiger partial charge in [-0.1, -0.05) is 42.5 Å². The van der Waals surface area contributed by atoms with Gasteiger partial charge in [0.15, 0.2) is 0 Å². The molecule has 5 nitrogen and oxygen atoms in total. The molecule has 0 saturated carbocycles. The molecule has 1 N–H and O–H groups in total. The Bertz CT molecular complexity index is 570. The van der Waals surface area contributed by atoms with Crippen molar-refractivity contribution in [3.8, 4) is 0 Å². The number of rotatable bonds is 7. The van der Waals surface area contributed by atoms with Gasteiger partial charge in [0.25, 0.3) is 5.69 Å². The summed E-state index contributed by atoms with van der Waals surface area (Å²) in [6.07, 6.45) is 0. The van der Waals surface area contributed by atoms with Crippen molar-refractivity contribution >= 4 is 5.69 Å². The van der Waals surface area contributed by atoms with Crippen LogP contribution in [0, 0.1) is 10.1 Å². The summed E-state index contributed by atoms with van der Waals surface area (Å²) < 4.78 is 0. The quantitative estimate of drug-likeness (QED) is 0.627. The number of hydrogen-bond donors (Lipinski definition) is 1. The average molecular weight is 286 g/mol. The third kappa shape index (κ3) is 4.66. The molecule has 0 unspecified atom stereocenters. The Balaban J connectivity index is 2.03. The van der Waals surface area contributed by atoms with Gasteiger partial charge in [-0.05, 0) is 11.1 Å². The monoisotopic (exact) mass is 286 g/mol. The molecule has 2 aromatic rings. The summed E-state index contributed by atoms with van der Waals surface area (Å²) in [7, 11) is 0. The van der Waals surface area contributed by atoms with Gasteiger partial charge in [-0.2, -0.15) is 0 Å². The fraction of sp³-hybridized carbons (Fsp3) is 0.250. The largest absolute Gasteiger partial charge is 0.395 e. The van der Waals surface area contributed by atoms with E-state index in [-0.39, 0.29) is 12.3 Å². The van der Waals surface area contributed by atoms with Crippen LogP contribution in [0.1, 0.15) is 11.1 Å². The number of nitrogens with zero attached hydrogens (tertiary/aromatic N) is 2. The minimum Gasteiger partial charge on any atom is -0.395 e. The first-order valence-electron chi connectivity index (χ1n) is 6.79. The van der Waals surface area contributed by atoms with E-state index >= 15 is 0 Å². The van der Waals surface area contributed by atoms with Gasteiger partial charge in [-0.3, -0.25) is 15.0 Å². The van der Waals surface area contributed by atoms with Crippen LogP contribution in [0.5, 0.6) is 0 Å². The molecule has 0 aromatic heterocycles. The molecule has 5 heteroatoms. The van der Waals surface area contributed by atoms with E-state index in [4.69, 9.17) is 0 Å². The van der Waals surface area contributed by atoms with Crippen LogP contribution in [0.2, 0.25) is 0 Å². The van der Waals surface area contributed by atoms with Crippen LogP contribution in [0.4, 0.5) is 5.69 Å². The molecular weight excluding hydrogens is 268 g/mol. The molecule has 0 amide bonds. The van der Waals surface area contributed by atoms with Gasteiger partial charge < -0.3 is 5.11 Å². The Morgan fingerprint density at radius 2 is 1.52 bits per heavy atom. The Kier molecular flexibility index (Phi) is 5.43. The Morgan fingerprint density at radius 1 is 0.952 bits per heavy atom. The molecular formula is C16H18N2O3. The van der Waals surface area contributed by atoms with E-state index < -0.39 is 4.92 Å². The van der Waals surface area contributed by atoms with Crippen molar-refractivity contribution < 1.29 is 10.0 Å². The average Bonchev–Trinajstić information content (AvgIpc) is 2.49. The second-order valence-electron chi connectivity index (χ2n) is 4.84. The lowest BCUT2D eigenvalue weighted by Crippen LogP contribution is -2.26. The van der Waals surface area contributed by atoms with Gasteiger partial charge in [0.2, 0.25) is 0 Å². The second kappa shape index (κ2) is 7.52. The molecule has 110 valence electrons. The van der Waals surface area contributed by atoms with Gasteiger partial charge in [-0.25, -0.2) is 0 Å². The number of non-ortho nitro benzene ring substituents is 1. The van der Waals surface area contributed by atoms with E-state index in [1.165, 1.54) is 17.7 Å². The fourth-order valence-electron chi connectivity index (χ4n) is 2.18. The molecule has 2 rings (SSSR count). The molecule has 0 atom stereocenters. The lowest BCUT2D eigenvalue weighted by Gasteiger charge is -2.21.